The van der Waals surface area contributed by atoms with Crippen LogP contribution in [0.5, 0.6) is 0 Å². The Kier molecular flexibility index (Phi) is 3.75. The van der Waals surface area contributed by atoms with Gasteiger partial charge < -0.3 is 5.73 Å². The average Bonchev–Trinajstić information content (AvgIpc) is 2.81. The van der Waals surface area contributed by atoms with E-state index in [1.165, 1.54) is 23.5 Å². The Bertz CT molecular complexity index is 598. The Labute approximate surface area is 112 Å². The molecule has 0 spiro atoms. The molecule has 0 saturated heterocycles. The van der Waals surface area contributed by atoms with Crippen LogP contribution in [0.25, 0.3) is 0 Å². The molecule has 0 saturated carbocycles. The van der Waals surface area contributed by atoms with Gasteiger partial charge in [-0.15, -0.1) is 11.3 Å². The highest BCUT2D eigenvalue weighted by atomic mass is 35.5. The molecule has 1 atom stereocenters. The number of thiazole rings is 1. The predicted octanol–water partition coefficient (Wildman–Crippen LogP) is 3.19. The van der Waals surface area contributed by atoms with Gasteiger partial charge in [-0.25, -0.2) is 9.37 Å². The number of carbonyl (C=O) groups excluding carboxylic acids is 1. The smallest absolute Gasteiger partial charge is 0.213 e. The number of benzene rings is 1. The number of ketones is 1. The van der Waals surface area contributed by atoms with Crippen molar-refractivity contribution in [2.24, 2.45) is 5.73 Å². The van der Waals surface area contributed by atoms with Gasteiger partial charge >= 0.3 is 0 Å². The summed E-state index contributed by atoms with van der Waals surface area (Å²) in [6.07, 6.45) is 0. The van der Waals surface area contributed by atoms with Crippen molar-refractivity contribution in [3.8, 4) is 0 Å². The molecule has 0 aliphatic carbocycles. The summed E-state index contributed by atoms with van der Waals surface area (Å²) in [5, 5.41) is 2.46. The zero-order valence-corrected chi connectivity index (χ0v) is 11.1. The van der Waals surface area contributed by atoms with Gasteiger partial charge in [0.2, 0.25) is 5.78 Å². The van der Waals surface area contributed by atoms with E-state index in [9.17, 15) is 9.18 Å². The second-order valence-electron chi connectivity index (χ2n) is 3.81. The van der Waals surface area contributed by atoms with E-state index in [0.29, 0.717) is 5.01 Å². The highest BCUT2D eigenvalue weighted by Gasteiger charge is 2.17. The van der Waals surface area contributed by atoms with Crippen molar-refractivity contribution < 1.29 is 9.18 Å². The maximum Gasteiger partial charge on any atom is 0.213 e. The molecule has 2 aromatic rings. The van der Waals surface area contributed by atoms with Crippen LogP contribution in [0.3, 0.4) is 0 Å². The first kappa shape index (κ1) is 13.1. The number of aromatic nitrogens is 1. The minimum Gasteiger partial charge on any atom is -0.322 e. The van der Waals surface area contributed by atoms with Crippen LogP contribution in [0.2, 0.25) is 5.02 Å². The highest BCUT2D eigenvalue weighted by Crippen LogP contribution is 2.23. The maximum atomic E-state index is 13.1. The number of carbonyl (C=O) groups is 1. The first-order valence-electron chi connectivity index (χ1n) is 5.20. The molecule has 0 amide bonds. The molecule has 0 bridgehead atoms. The van der Waals surface area contributed by atoms with Crippen molar-refractivity contribution in [1.82, 2.24) is 4.98 Å². The molecule has 18 heavy (non-hydrogen) atoms. The van der Waals surface area contributed by atoms with Crippen LogP contribution in [-0.2, 0) is 0 Å². The zero-order chi connectivity index (χ0) is 13.3. The Balaban J connectivity index is 2.38. The molecule has 3 nitrogen and oxygen atoms in total. The quantitative estimate of drug-likeness (QED) is 0.881. The average molecular weight is 285 g/mol. The van der Waals surface area contributed by atoms with Crippen LogP contribution in [0.15, 0.2) is 23.6 Å². The normalized spacial score (nSPS) is 12.4. The van der Waals surface area contributed by atoms with Gasteiger partial charge in [0.15, 0.2) is 0 Å². The lowest BCUT2D eigenvalue weighted by Gasteiger charge is -2.01. The van der Waals surface area contributed by atoms with Crippen LogP contribution in [0, 0.1) is 5.82 Å². The molecule has 1 aromatic heterocycles. The van der Waals surface area contributed by atoms with Crippen LogP contribution < -0.4 is 5.73 Å². The van der Waals surface area contributed by atoms with E-state index < -0.39 is 11.6 Å². The van der Waals surface area contributed by atoms with Crippen LogP contribution in [-0.4, -0.2) is 10.8 Å². The minimum atomic E-state index is -0.509. The van der Waals surface area contributed by atoms with Gasteiger partial charge in [-0.3, -0.25) is 4.79 Å². The number of nitrogens with two attached hydrogens (primary N) is 1. The first-order chi connectivity index (χ1) is 8.49. The summed E-state index contributed by atoms with van der Waals surface area (Å²) in [6.45, 7) is 1.78. The van der Waals surface area contributed by atoms with Crippen molar-refractivity contribution in [3.63, 3.8) is 0 Å². The Hall–Kier alpha value is -1.30. The topological polar surface area (TPSA) is 56.0 Å². The molecule has 1 aromatic carbocycles. The van der Waals surface area contributed by atoms with Crippen molar-refractivity contribution in [2.45, 2.75) is 13.0 Å². The molecule has 1 unspecified atom stereocenters. The standard InChI is InChI=1S/C12H10ClFN2OS/c1-6(15)12-16-10(5-18-12)11(17)8-4-7(14)2-3-9(8)13/h2-6H,15H2,1H3. The summed E-state index contributed by atoms with van der Waals surface area (Å²) >= 11 is 7.17. The van der Waals surface area contributed by atoms with Crippen molar-refractivity contribution in [3.05, 3.63) is 50.7 Å². The van der Waals surface area contributed by atoms with Crippen molar-refractivity contribution in [2.75, 3.05) is 0 Å². The number of rotatable bonds is 3. The number of hydrogen-bond donors (Lipinski definition) is 1. The SMILES string of the molecule is CC(N)c1nc(C(=O)c2cc(F)ccc2Cl)cs1. The summed E-state index contributed by atoms with van der Waals surface area (Å²) in [5.41, 5.74) is 6.02. The summed E-state index contributed by atoms with van der Waals surface area (Å²) in [4.78, 5) is 16.2. The fraction of sp³-hybridized carbons (Fsp3) is 0.167. The maximum absolute atomic E-state index is 13.1. The second kappa shape index (κ2) is 5.14. The van der Waals surface area contributed by atoms with Gasteiger partial charge in [-0.2, -0.15) is 0 Å². The fourth-order valence-electron chi connectivity index (χ4n) is 1.41. The predicted molar refractivity (Wildman–Crippen MR) is 69.6 cm³/mol. The summed E-state index contributed by atoms with van der Waals surface area (Å²) in [5.74, 6) is -0.909. The Morgan fingerprint density at radius 2 is 2.28 bits per heavy atom. The van der Waals surface area contributed by atoms with E-state index in [4.69, 9.17) is 17.3 Å². The summed E-state index contributed by atoms with van der Waals surface area (Å²) < 4.78 is 13.1. The molecule has 94 valence electrons. The summed E-state index contributed by atoms with van der Waals surface area (Å²) in [6, 6.07) is 3.42. The molecule has 0 fully saturated rings. The monoisotopic (exact) mass is 284 g/mol. The third kappa shape index (κ3) is 2.58. The van der Waals surface area contributed by atoms with Gasteiger partial charge in [0.25, 0.3) is 0 Å². The first-order valence-corrected chi connectivity index (χ1v) is 6.45. The van der Waals surface area contributed by atoms with Gasteiger partial charge in [0, 0.05) is 10.9 Å². The van der Waals surface area contributed by atoms with E-state index in [2.05, 4.69) is 4.98 Å². The molecule has 0 aliphatic rings. The van der Waals surface area contributed by atoms with E-state index in [1.807, 2.05) is 0 Å². The molecule has 6 heteroatoms. The van der Waals surface area contributed by atoms with Crippen molar-refractivity contribution >= 4 is 28.7 Å². The molecule has 0 radical (unpaired) electrons. The minimum absolute atomic E-state index is 0.109. The largest absolute Gasteiger partial charge is 0.322 e. The molecule has 2 N–H and O–H groups in total. The lowest BCUT2D eigenvalue weighted by atomic mass is 10.1. The van der Waals surface area contributed by atoms with Crippen LogP contribution in [0.4, 0.5) is 4.39 Å². The van der Waals surface area contributed by atoms with Crippen molar-refractivity contribution in [1.29, 1.82) is 0 Å². The van der Waals surface area contributed by atoms with Gasteiger partial charge in [-0.05, 0) is 25.1 Å². The molecular weight excluding hydrogens is 275 g/mol. The van der Waals surface area contributed by atoms with E-state index in [1.54, 1.807) is 12.3 Å². The second-order valence-corrected chi connectivity index (χ2v) is 5.11. The van der Waals surface area contributed by atoms with E-state index >= 15 is 0 Å². The number of hydrogen-bond acceptors (Lipinski definition) is 4. The van der Waals surface area contributed by atoms with E-state index in [-0.39, 0.29) is 22.3 Å². The third-order valence-corrected chi connectivity index (χ3v) is 3.69. The molecule has 1 heterocycles. The van der Waals surface area contributed by atoms with Crippen LogP contribution >= 0.6 is 22.9 Å². The zero-order valence-electron chi connectivity index (χ0n) is 9.48. The molecule has 0 aliphatic heterocycles. The van der Waals surface area contributed by atoms with Gasteiger partial charge in [-0.1, -0.05) is 11.6 Å². The van der Waals surface area contributed by atoms with Gasteiger partial charge in [0.05, 0.1) is 11.1 Å². The Morgan fingerprint density at radius 3 is 2.89 bits per heavy atom. The van der Waals surface area contributed by atoms with Crippen LogP contribution in [0.1, 0.15) is 34.0 Å². The van der Waals surface area contributed by atoms with Gasteiger partial charge in [0.1, 0.15) is 16.5 Å². The lowest BCUT2D eigenvalue weighted by molar-refractivity contribution is 0.103. The third-order valence-electron chi connectivity index (χ3n) is 2.32. The fourth-order valence-corrected chi connectivity index (χ4v) is 2.37. The Morgan fingerprint density at radius 1 is 1.56 bits per heavy atom. The molecular formula is C12H10ClFN2OS. The highest BCUT2D eigenvalue weighted by molar-refractivity contribution is 7.09. The van der Waals surface area contributed by atoms with E-state index in [0.717, 1.165) is 6.07 Å². The lowest BCUT2D eigenvalue weighted by Crippen LogP contribution is -2.07. The number of halogens is 2. The molecule has 2 rings (SSSR count). The number of nitrogens with zero attached hydrogens (tertiary/aromatic N) is 1. The summed E-state index contributed by atoms with van der Waals surface area (Å²) in [7, 11) is 0.